The van der Waals surface area contributed by atoms with Crippen LogP contribution in [0, 0.1) is 0 Å². The van der Waals surface area contributed by atoms with Gasteiger partial charge in [-0.25, -0.2) is 0 Å². The third-order valence-electron chi connectivity index (χ3n) is 2.20. The first-order valence-corrected chi connectivity index (χ1v) is 5.32. The molecular weight excluding hydrogens is 206 g/mol. The minimum Gasteiger partial charge on any atom is -0.493 e. The Morgan fingerprint density at radius 1 is 1.12 bits per heavy atom. The second-order valence-electron chi connectivity index (χ2n) is 3.30. The number of ether oxygens (including phenoxy) is 3. The van der Waals surface area contributed by atoms with Crippen molar-refractivity contribution in [1.29, 1.82) is 0 Å². The SMILES string of the molecule is CNCCCOc1c(OC)cccc1OC. The fraction of sp³-hybridized carbons (Fsp3) is 0.500. The summed E-state index contributed by atoms with van der Waals surface area (Å²) in [6.45, 7) is 1.56. The molecule has 0 aliphatic heterocycles. The van der Waals surface area contributed by atoms with Gasteiger partial charge in [0.25, 0.3) is 0 Å². The Hall–Kier alpha value is -1.42. The fourth-order valence-corrected chi connectivity index (χ4v) is 1.38. The minimum atomic E-state index is 0.636. The summed E-state index contributed by atoms with van der Waals surface area (Å²) in [4.78, 5) is 0. The topological polar surface area (TPSA) is 39.7 Å². The lowest BCUT2D eigenvalue weighted by Crippen LogP contribution is -2.12. The van der Waals surface area contributed by atoms with Crippen molar-refractivity contribution in [2.75, 3.05) is 34.4 Å². The van der Waals surface area contributed by atoms with Crippen LogP contribution in [0.15, 0.2) is 18.2 Å². The molecule has 0 spiro atoms. The highest BCUT2D eigenvalue weighted by Gasteiger charge is 2.10. The highest BCUT2D eigenvalue weighted by atomic mass is 16.5. The normalized spacial score (nSPS) is 9.94. The minimum absolute atomic E-state index is 0.636. The molecule has 0 saturated carbocycles. The lowest BCUT2D eigenvalue weighted by Gasteiger charge is -2.13. The molecule has 0 aliphatic carbocycles. The number of hydrogen-bond acceptors (Lipinski definition) is 4. The summed E-state index contributed by atoms with van der Waals surface area (Å²) < 4.78 is 16.1. The molecule has 90 valence electrons. The van der Waals surface area contributed by atoms with Gasteiger partial charge in [-0.1, -0.05) is 6.07 Å². The maximum absolute atomic E-state index is 5.66. The third kappa shape index (κ3) is 3.31. The van der Waals surface area contributed by atoms with Gasteiger partial charge in [-0.2, -0.15) is 0 Å². The molecule has 0 bridgehead atoms. The van der Waals surface area contributed by atoms with E-state index < -0.39 is 0 Å². The summed E-state index contributed by atoms with van der Waals surface area (Å²) in [6.07, 6.45) is 0.942. The largest absolute Gasteiger partial charge is 0.493 e. The van der Waals surface area contributed by atoms with E-state index in [1.165, 1.54) is 0 Å². The first kappa shape index (κ1) is 12.6. The Balaban J connectivity index is 2.67. The molecule has 0 amide bonds. The molecule has 4 heteroatoms. The van der Waals surface area contributed by atoms with E-state index in [2.05, 4.69) is 5.32 Å². The summed E-state index contributed by atoms with van der Waals surface area (Å²) in [5.41, 5.74) is 0. The van der Waals surface area contributed by atoms with Crippen LogP contribution in [-0.2, 0) is 0 Å². The van der Waals surface area contributed by atoms with E-state index in [9.17, 15) is 0 Å². The lowest BCUT2D eigenvalue weighted by molar-refractivity contribution is 0.270. The molecule has 16 heavy (non-hydrogen) atoms. The number of benzene rings is 1. The van der Waals surface area contributed by atoms with Crippen LogP contribution in [0.25, 0.3) is 0 Å². The molecule has 0 radical (unpaired) electrons. The van der Waals surface area contributed by atoms with Gasteiger partial charge in [0.1, 0.15) is 0 Å². The van der Waals surface area contributed by atoms with Gasteiger partial charge in [-0.05, 0) is 32.1 Å². The van der Waals surface area contributed by atoms with Crippen LogP contribution in [0.1, 0.15) is 6.42 Å². The summed E-state index contributed by atoms with van der Waals surface area (Å²) in [6, 6.07) is 5.59. The zero-order valence-electron chi connectivity index (χ0n) is 10.1. The van der Waals surface area contributed by atoms with Crippen LogP contribution < -0.4 is 19.5 Å². The maximum Gasteiger partial charge on any atom is 0.203 e. The smallest absolute Gasteiger partial charge is 0.203 e. The molecule has 1 aromatic carbocycles. The van der Waals surface area contributed by atoms with Crippen molar-refractivity contribution < 1.29 is 14.2 Å². The van der Waals surface area contributed by atoms with Gasteiger partial charge in [0, 0.05) is 0 Å². The summed E-state index contributed by atoms with van der Waals surface area (Å²) in [5, 5.41) is 3.07. The van der Waals surface area contributed by atoms with E-state index in [1.807, 2.05) is 25.2 Å². The van der Waals surface area contributed by atoms with Gasteiger partial charge in [-0.15, -0.1) is 0 Å². The number of rotatable bonds is 7. The molecule has 0 unspecified atom stereocenters. The third-order valence-corrected chi connectivity index (χ3v) is 2.20. The highest BCUT2D eigenvalue weighted by Crippen LogP contribution is 2.36. The van der Waals surface area contributed by atoms with Crippen LogP contribution in [-0.4, -0.2) is 34.4 Å². The average molecular weight is 225 g/mol. The first-order valence-electron chi connectivity index (χ1n) is 5.32. The number of nitrogens with one attached hydrogen (secondary N) is 1. The van der Waals surface area contributed by atoms with E-state index >= 15 is 0 Å². The molecule has 1 aromatic rings. The van der Waals surface area contributed by atoms with Gasteiger partial charge >= 0.3 is 0 Å². The van der Waals surface area contributed by atoms with Gasteiger partial charge < -0.3 is 19.5 Å². The molecule has 0 fully saturated rings. The first-order chi connectivity index (χ1) is 7.83. The van der Waals surface area contributed by atoms with E-state index in [-0.39, 0.29) is 0 Å². The Kier molecular flexibility index (Phi) is 5.50. The van der Waals surface area contributed by atoms with Gasteiger partial charge in [0.05, 0.1) is 20.8 Å². The summed E-state index contributed by atoms with van der Waals surface area (Å²) >= 11 is 0. The second kappa shape index (κ2) is 6.95. The monoisotopic (exact) mass is 225 g/mol. The quantitative estimate of drug-likeness (QED) is 0.717. The van der Waals surface area contributed by atoms with E-state index in [0.717, 1.165) is 13.0 Å². The van der Waals surface area contributed by atoms with Crippen molar-refractivity contribution >= 4 is 0 Å². The van der Waals surface area contributed by atoms with Crippen LogP contribution >= 0.6 is 0 Å². The molecule has 1 N–H and O–H groups in total. The molecule has 0 aliphatic rings. The molecule has 4 nitrogen and oxygen atoms in total. The molecule has 0 heterocycles. The van der Waals surface area contributed by atoms with Crippen molar-refractivity contribution in [1.82, 2.24) is 5.32 Å². The molecule has 0 saturated heterocycles. The van der Waals surface area contributed by atoms with Crippen LogP contribution in [0.2, 0.25) is 0 Å². The number of para-hydroxylation sites is 1. The van der Waals surface area contributed by atoms with Crippen molar-refractivity contribution in [3.8, 4) is 17.2 Å². The summed E-state index contributed by atoms with van der Waals surface area (Å²) in [5.74, 6) is 2.07. The van der Waals surface area contributed by atoms with Crippen LogP contribution in [0.3, 0.4) is 0 Å². The molecule has 0 aromatic heterocycles. The molecule has 1 rings (SSSR count). The Morgan fingerprint density at radius 3 is 2.25 bits per heavy atom. The average Bonchev–Trinajstić information content (AvgIpc) is 2.34. The predicted molar refractivity (Wildman–Crippen MR) is 63.6 cm³/mol. The van der Waals surface area contributed by atoms with E-state index in [1.54, 1.807) is 14.2 Å². The van der Waals surface area contributed by atoms with Gasteiger partial charge in [0.2, 0.25) is 5.75 Å². The standard InChI is InChI=1S/C12H19NO3/c1-13-8-5-9-16-12-10(14-2)6-4-7-11(12)15-3/h4,6-7,13H,5,8-9H2,1-3H3. The highest BCUT2D eigenvalue weighted by molar-refractivity contribution is 5.51. The van der Waals surface area contributed by atoms with Crippen LogP contribution in [0.5, 0.6) is 17.2 Å². The fourth-order valence-electron chi connectivity index (χ4n) is 1.38. The van der Waals surface area contributed by atoms with E-state index in [4.69, 9.17) is 14.2 Å². The zero-order valence-corrected chi connectivity index (χ0v) is 10.1. The van der Waals surface area contributed by atoms with Crippen molar-refractivity contribution in [2.24, 2.45) is 0 Å². The lowest BCUT2D eigenvalue weighted by atomic mass is 10.3. The number of hydrogen-bond donors (Lipinski definition) is 1. The predicted octanol–water partition coefficient (Wildman–Crippen LogP) is 1.69. The summed E-state index contributed by atoms with van der Waals surface area (Å²) in [7, 11) is 5.16. The second-order valence-corrected chi connectivity index (χ2v) is 3.30. The Morgan fingerprint density at radius 2 is 1.75 bits per heavy atom. The van der Waals surface area contributed by atoms with Gasteiger partial charge in [0.15, 0.2) is 11.5 Å². The van der Waals surface area contributed by atoms with Crippen LogP contribution in [0.4, 0.5) is 0 Å². The molecular formula is C12H19NO3. The van der Waals surface area contributed by atoms with Crippen molar-refractivity contribution in [3.05, 3.63) is 18.2 Å². The van der Waals surface area contributed by atoms with E-state index in [0.29, 0.717) is 23.9 Å². The zero-order chi connectivity index (χ0) is 11.8. The Labute approximate surface area is 96.5 Å². The van der Waals surface area contributed by atoms with Crippen molar-refractivity contribution in [2.45, 2.75) is 6.42 Å². The van der Waals surface area contributed by atoms with Gasteiger partial charge in [-0.3, -0.25) is 0 Å². The number of methoxy groups -OCH3 is 2. The maximum atomic E-state index is 5.66. The molecule has 0 atom stereocenters. The Bertz CT molecular complexity index is 293. The van der Waals surface area contributed by atoms with Crippen molar-refractivity contribution in [3.63, 3.8) is 0 Å².